The Hall–Kier alpha value is -1.35. The van der Waals surface area contributed by atoms with Crippen molar-refractivity contribution in [2.45, 2.75) is 51.2 Å². The zero-order valence-electron chi connectivity index (χ0n) is 11.3. The summed E-state index contributed by atoms with van der Waals surface area (Å²) < 4.78 is 0. The van der Waals surface area contributed by atoms with Crippen molar-refractivity contribution in [1.82, 2.24) is 5.06 Å². The molecule has 1 amide bonds. The highest BCUT2D eigenvalue weighted by Gasteiger charge is 2.42. The fraction of sp³-hybridized carbons (Fsp3) is 0.562. The van der Waals surface area contributed by atoms with E-state index in [9.17, 15) is 4.79 Å². The van der Waals surface area contributed by atoms with Crippen LogP contribution in [0.25, 0.3) is 0 Å². The van der Waals surface area contributed by atoms with E-state index in [-0.39, 0.29) is 5.91 Å². The van der Waals surface area contributed by atoms with Crippen molar-refractivity contribution < 1.29 is 9.63 Å². The number of hydrogen-bond donors (Lipinski definition) is 0. The maximum atomic E-state index is 11.7. The number of hydroxylamine groups is 2. The van der Waals surface area contributed by atoms with Gasteiger partial charge in [0, 0.05) is 0 Å². The summed E-state index contributed by atoms with van der Waals surface area (Å²) in [6.45, 7) is 0.496. The largest absolute Gasteiger partial charge is 0.272 e. The van der Waals surface area contributed by atoms with Crippen LogP contribution < -0.4 is 0 Å². The summed E-state index contributed by atoms with van der Waals surface area (Å²) in [5.74, 6) is 0.800. The molecular formula is C16H21NO2. The van der Waals surface area contributed by atoms with Crippen molar-refractivity contribution in [1.29, 1.82) is 0 Å². The average Bonchev–Trinajstić information content (AvgIpc) is 2.47. The van der Waals surface area contributed by atoms with Gasteiger partial charge in [-0.3, -0.25) is 9.63 Å². The third-order valence-electron chi connectivity index (χ3n) is 4.34. The molecule has 0 aromatic heterocycles. The molecule has 1 aromatic rings. The molecule has 0 radical (unpaired) electrons. The van der Waals surface area contributed by atoms with E-state index in [1.807, 2.05) is 30.3 Å². The van der Waals surface area contributed by atoms with Crippen LogP contribution in [0, 0.1) is 5.92 Å². The first kappa shape index (κ1) is 12.7. The molecule has 2 fully saturated rings. The molecule has 1 unspecified atom stereocenters. The lowest BCUT2D eigenvalue weighted by Gasteiger charge is -2.44. The highest BCUT2D eigenvalue weighted by atomic mass is 16.7. The minimum atomic E-state index is 0.145. The molecule has 1 saturated heterocycles. The van der Waals surface area contributed by atoms with E-state index < -0.39 is 0 Å². The van der Waals surface area contributed by atoms with Crippen LogP contribution >= 0.6 is 0 Å². The molecule has 3 heteroatoms. The van der Waals surface area contributed by atoms with Crippen molar-refractivity contribution >= 4 is 5.91 Å². The van der Waals surface area contributed by atoms with Gasteiger partial charge in [0.05, 0.1) is 12.5 Å². The molecule has 1 saturated carbocycles. The second-order valence-electron chi connectivity index (χ2n) is 5.65. The van der Waals surface area contributed by atoms with Crippen molar-refractivity contribution in [3.63, 3.8) is 0 Å². The van der Waals surface area contributed by atoms with Crippen LogP contribution in [0.15, 0.2) is 30.3 Å². The van der Waals surface area contributed by atoms with Gasteiger partial charge in [-0.2, -0.15) is 0 Å². The standard InChI is InChI=1S/C16H21NO2/c18-16-11-15(14-9-5-2-6-10-14)17(16)19-12-13-7-3-1-4-8-13/h1,3-4,7-8,14-15H,2,5-6,9-12H2. The lowest BCUT2D eigenvalue weighted by Crippen LogP contribution is -2.55. The van der Waals surface area contributed by atoms with Gasteiger partial charge < -0.3 is 0 Å². The monoisotopic (exact) mass is 259 g/mol. The topological polar surface area (TPSA) is 29.5 Å². The van der Waals surface area contributed by atoms with E-state index in [0.717, 1.165) is 5.56 Å². The van der Waals surface area contributed by atoms with Crippen LogP contribution in [-0.4, -0.2) is 17.0 Å². The number of benzene rings is 1. The van der Waals surface area contributed by atoms with E-state index >= 15 is 0 Å². The molecule has 1 aliphatic heterocycles. The fourth-order valence-electron chi connectivity index (χ4n) is 3.19. The van der Waals surface area contributed by atoms with Crippen LogP contribution in [0.2, 0.25) is 0 Å². The summed E-state index contributed by atoms with van der Waals surface area (Å²) in [7, 11) is 0. The van der Waals surface area contributed by atoms with Gasteiger partial charge in [-0.1, -0.05) is 49.6 Å². The van der Waals surface area contributed by atoms with E-state index in [0.29, 0.717) is 25.0 Å². The zero-order chi connectivity index (χ0) is 13.1. The molecule has 0 bridgehead atoms. The molecule has 1 atom stereocenters. The lowest BCUT2D eigenvalue weighted by atomic mass is 9.79. The Kier molecular flexibility index (Phi) is 3.83. The van der Waals surface area contributed by atoms with Gasteiger partial charge in [-0.25, -0.2) is 5.06 Å². The third kappa shape index (κ3) is 2.81. The summed E-state index contributed by atoms with van der Waals surface area (Å²) in [4.78, 5) is 17.4. The molecular weight excluding hydrogens is 238 g/mol. The molecule has 102 valence electrons. The summed E-state index contributed by atoms with van der Waals surface area (Å²) in [5.41, 5.74) is 1.12. The maximum absolute atomic E-state index is 11.7. The Morgan fingerprint density at radius 2 is 1.84 bits per heavy atom. The number of carbonyl (C=O) groups is 1. The molecule has 1 aromatic carbocycles. The van der Waals surface area contributed by atoms with Gasteiger partial charge in [0.2, 0.25) is 5.91 Å². The Bertz CT molecular complexity index is 426. The van der Waals surface area contributed by atoms with Crippen molar-refractivity contribution in [3.8, 4) is 0 Å². The van der Waals surface area contributed by atoms with Crippen molar-refractivity contribution in [2.24, 2.45) is 5.92 Å². The number of hydrogen-bond acceptors (Lipinski definition) is 2. The van der Waals surface area contributed by atoms with Gasteiger partial charge in [0.15, 0.2) is 0 Å². The summed E-state index contributed by atoms with van der Waals surface area (Å²) in [6.07, 6.45) is 7.15. The first-order valence-electron chi connectivity index (χ1n) is 7.33. The second-order valence-corrected chi connectivity index (χ2v) is 5.65. The molecule has 1 heterocycles. The van der Waals surface area contributed by atoms with Crippen LogP contribution in [0.1, 0.15) is 44.1 Å². The third-order valence-corrected chi connectivity index (χ3v) is 4.34. The highest BCUT2D eigenvalue weighted by Crippen LogP contribution is 2.36. The molecule has 0 spiro atoms. The fourth-order valence-corrected chi connectivity index (χ4v) is 3.19. The molecule has 1 aliphatic carbocycles. The number of carbonyl (C=O) groups excluding carboxylic acids is 1. The maximum Gasteiger partial charge on any atom is 0.248 e. The van der Waals surface area contributed by atoms with Crippen molar-refractivity contribution in [2.75, 3.05) is 0 Å². The molecule has 0 N–H and O–H groups in total. The average molecular weight is 259 g/mol. The smallest absolute Gasteiger partial charge is 0.248 e. The van der Waals surface area contributed by atoms with E-state index in [1.165, 1.54) is 32.1 Å². The summed E-state index contributed by atoms with van der Waals surface area (Å²) >= 11 is 0. The summed E-state index contributed by atoms with van der Waals surface area (Å²) in [6, 6.07) is 10.4. The second kappa shape index (κ2) is 5.74. The molecule has 19 heavy (non-hydrogen) atoms. The van der Waals surface area contributed by atoms with Crippen LogP contribution in [0.3, 0.4) is 0 Å². The van der Waals surface area contributed by atoms with E-state index in [1.54, 1.807) is 5.06 Å². The number of rotatable bonds is 4. The van der Waals surface area contributed by atoms with Gasteiger partial charge in [0.1, 0.15) is 6.61 Å². The van der Waals surface area contributed by atoms with Gasteiger partial charge in [-0.15, -0.1) is 0 Å². The SMILES string of the molecule is O=C1CC(C2CCCCC2)N1OCc1ccccc1. The Balaban J connectivity index is 1.55. The van der Waals surface area contributed by atoms with Gasteiger partial charge in [0.25, 0.3) is 0 Å². The first-order chi connectivity index (χ1) is 9.34. The predicted octanol–water partition coefficient (Wildman–Crippen LogP) is 3.30. The predicted molar refractivity (Wildman–Crippen MR) is 73.1 cm³/mol. The highest BCUT2D eigenvalue weighted by molar-refractivity contribution is 5.82. The molecule has 3 rings (SSSR count). The van der Waals surface area contributed by atoms with Gasteiger partial charge in [-0.05, 0) is 24.3 Å². The number of β-lactam (4-membered cyclic amide) rings is 1. The Morgan fingerprint density at radius 1 is 1.11 bits per heavy atom. The van der Waals surface area contributed by atoms with Crippen LogP contribution in [0.4, 0.5) is 0 Å². The molecule has 2 aliphatic rings. The quantitative estimate of drug-likeness (QED) is 0.776. The van der Waals surface area contributed by atoms with Crippen LogP contribution in [0.5, 0.6) is 0 Å². The Labute approximate surface area is 114 Å². The number of amides is 1. The minimum absolute atomic E-state index is 0.145. The number of nitrogens with zero attached hydrogens (tertiary/aromatic N) is 1. The van der Waals surface area contributed by atoms with E-state index in [4.69, 9.17) is 4.84 Å². The van der Waals surface area contributed by atoms with Gasteiger partial charge >= 0.3 is 0 Å². The minimum Gasteiger partial charge on any atom is -0.272 e. The van der Waals surface area contributed by atoms with E-state index in [2.05, 4.69) is 0 Å². The van der Waals surface area contributed by atoms with Crippen molar-refractivity contribution in [3.05, 3.63) is 35.9 Å². The first-order valence-corrected chi connectivity index (χ1v) is 7.33. The Morgan fingerprint density at radius 3 is 2.53 bits per heavy atom. The molecule has 3 nitrogen and oxygen atoms in total. The lowest BCUT2D eigenvalue weighted by molar-refractivity contribution is -0.242. The normalized spacial score (nSPS) is 24.3. The zero-order valence-corrected chi connectivity index (χ0v) is 11.3. The summed E-state index contributed by atoms with van der Waals surface area (Å²) in [5, 5.41) is 1.64. The van der Waals surface area contributed by atoms with Crippen LogP contribution in [-0.2, 0) is 16.2 Å².